The van der Waals surface area contributed by atoms with Crippen LogP contribution in [0.2, 0.25) is 0 Å². The summed E-state index contributed by atoms with van der Waals surface area (Å²) in [7, 11) is 1.90. The lowest BCUT2D eigenvalue weighted by atomic mass is 9.88. The summed E-state index contributed by atoms with van der Waals surface area (Å²) in [5.74, 6) is 0.445. The highest BCUT2D eigenvalue weighted by atomic mass is 16.2. The Bertz CT molecular complexity index is 698. The predicted molar refractivity (Wildman–Crippen MR) is 98.0 cm³/mol. The quantitative estimate of drug-likeness (QED) is 0.819. The molecule has 1 aromatic heterocycles. The molecular formula is C20H27N3O. The molecule has 3 rings (SSSR count). The Morgan fingerprint density at radius 3 is 2.62 bits per heavy atom. The van der Waals surface area contributed by atoms with Crippen LogP contribution in [0.1, 0.15) is 52.0 Å². The molecule has 2 aromatic rings. The summed E-state index contributed by atoms with van der Waals surface area (Å²) in [5.41, 5.74) is 3.15. The number of benzene rings is 1. The predicted octanol–water partition coefficient (Wildman–Crippen LogP) is 4.67. The van der Waals surface area contributed by atoms with E-state index in [1.54, 1.807) is 0 Å². The normalized spacial score (nSPS) is 15.7. The monoisotopic (exact) mass is 325 g/mol. The molecule has 24 heavy (non-hydrogen) atoms. The standard InChI is InChI=1S/C20H27N3O/c1-15(2)23-14-18(13-21-23)17-10-7-11-19(12-17)22(3)20(24)16-8-5-4-6-9-16/h7,10-16H,4-6,8-9H2,1-3H3. The Balaban J connectivity index is 1.79. The number of anilines is 1. The molecule has 0 atom stereocenters. The van der Waals surface area contributed by atoms with Gasteiger partial charge in [0.15, 0.2) is 0 Å². The van der Waals surface area contributed by atoms with Gasteiger partial charge in [0, 0.05) is 36.5 Å². The van der Waals surface area contributed by atoms with Crippen LogP contribution < -0.4 is 4.90 Å². The second kappa shape index (κ2) is 7.20. The number of nitrogens with zero attached hydrogens (tertiary/aromatic N) is 3. The highest BCUT2D eigenvalue weighted by Gasteiger charge is 2.24. The van der Waals surface area contributed by atoms with Crippen LogP contribution in [-0.2, 0) is 4.79 Å². The Morgan fingerprint density at radius 1 is 1.21 bits per heavy atom. The smallest absolute Gasteiger partial charge is 0.229 e. The highest BCUT2D eigenvalue weighted by molar-refractivity contribution is 5.95. The zero-order valence-electron chi connectivity index (χ0n) is 14.9. The largest absolute Gasteiger partial charge is 0.315 e. The first-order valence-corrected chi connectivity index (χ1v) is 8.98. The van der Waals surface area contributed by atoms with Crippen molar-refractivity contribution >= 4 is 11.6 Å². The van der Waals surface area contributed by atoms with Gasteiger partial charge in [0.2, 0.25) is 5.91 Å². The van der Waals surface area contributed by atoms with Crippen molar-refractivity contribution in [1.29, 1.82) is 0 Å². The minimum atomic E-state index is 0.191. The summed E-state index contributed by atoms with van der Waals surface area (Å²) in [6.07, 6.45) is 9.64. The fourth-order valence-corrected chi connectivity index (χ4v) is 3.41. The first kappa shape index (κ1) is 16.7. The van der Waals surface area contributed by atoms with Crippen LogP contribution in [0.15, 0.2) is 36.7 Å². The van der Waals surface area contributed by atoms with E-state index in [9.17, 15) is 4.79 Å². The van der Waals surface area contributed by atoms with Gasteiger partial charge in [-0.15, -0.1) is 0 Å². The molecule has 0 aliphatic heterocycles. The van der Waals surface area contributed by atoms with Gasteiger partial charge in [-0.25, -0.2) is 0 Å². The van der Waals surface area contributed by atoms with E-state index in [1.807, 2.05) is 35.0 Å². The van der Waals surface area contributed by atoms with E-state index < -0.39 is 0 Å². The van der Waals surface area contributed by atoms with Gasteiger partial charge in [0.1, 0.15) is 0 Å². The van der Waals surface area contributed by atoms with Gasteiger partial charge in [-0.3, -0.25) is 9.48 Å². The summed E-state index contributed by atoms with van der Waals surface area (Å²) < 4.78 is 1.96. The minimum absolute atomic E-state index is 0.191. The number of carbonyl (C=O) groups is 1. The van der Waals surface area contributed by atoms with Crippen LogP contribution >= 0.6 is 0 Å². The number of carbonyl (C=O) groups excluding carboxylic acids is 1. The highest BCUT2D eigenvalue weighted by Crippen LogP contribution is 2.29. The van der Waals surface area contributed by atoms with E-state index in [0.29, 0.717) is 6.04 Å². The van der Waals surface area contributed by atoms with Crippen LogP contribution in [0.4, 0.5) is 5.69 Å². The van der Waals surface area contributed by atoms with E-state index in [4.69, 9.17) is 0 Å². The molecule has 1 aliphatic carbocycles. The summed E-state index contributed by atoms with van der Waals surface area (Å²) in [5, 5.41) is 4.41. The van der Waals surface area contributed by atoms with E-state index in [0.717, 1.165) is 29.7 Å². The summed E-state index contributed by atoms with van der Waals surface area (Å²) >= 11 is 0. The van der Waals surface area contributed by atoms with Crippen LogP contribution in [0.5, 0.6) is 0 Å². The maximum atomic E-state index is 12.7. The lowest BCUT2D eigenvalue weighted by Gasteiger charge is -2.26. The van der Waals surface area contributed by atoms with Crippen molar-refractivity contribution in [3.05, 3.63) is 36.7 Å². The van der Waals surface area contributed by atoms with Crippen molar-refractivity contribution in [3.63, 3.8) is 0 Å². The van der Waals surface area contributed by atoms with Crippen molar-refractivity contribution < 1.29 is 4.79 Å². The Hall–Kier alpha value is -2.10. The van der Waals surface area contributed by atoms with Crippen molar-refractivity contribution in [2.24, 2.45) is 5.92 Å². The van der Waals surface area contributed by atoms with Gasteiger partial charge in [-0.2, -0.15) is 5.10 Å². The summed E-state index contributed by atoms with van der Waals surface area (Å²) in [4.78, 5) is 14.6. The third-order valence-electron chi connectivity index (χ3n) is 4.98. The van der Waals surface area contributed by atoms with E-state index in [-0.39, 0.29) is 11.8 Å². The lowest BCUT2D eigenvalue weighted by Crippen LogP contribution is -2.33. The van der Waals surface area contributed by atoms with E-state index >= 15 is 0 Å². The molecule has 0 N–H and O–H groups in total. The van der Waals surface area contributed by atoms with Crippen LogP contribution in [-0.4, -0.2) is 22.7 Å². The molecular weight excluding hydrogens is 298 g/mol. The second-order valence-corrected chi connectivity index (χ2v) is 7.09. The average Bonchev–Trinajstić information content (AvgIpc) is 3.12. The van der Waals surface area contributed by atoms with Gasteiger partial charge >= 0.3 is 0 Å². The molecule has 0 saturated heterocycles. The topological polar surface area (TPSA) is 38.1 Å². The fourth-order valence-electron chi connectivity index (χ4n) is 3.41. The molecule has 4 nitrogen and oxygen atoms in total. The van der Waals surface area contributed by atoms with Crippen molar-refractivity contribution in [2.75, 3.05) is 11.9 Å². The van der Waals surface area contributed by atoms with E-state index in [1.165, 1.54) is 19.3 Å². The van der Waals surface area contributed by atoms with Crippen molar-refractivity contribution in [2.45, 2.75) is 52.0 Å². The van der Waals surface area contributed by atoms with Gasteiger partial charge in [0.05, 0.1) is 6.20 Å². The Labute approximate surface area is 144 Å². The zero-order valence-corrected chi connectivity index (χ0v) is 14.9. The van der Waals surface area contributed by atoms with Crippen molar-refractivity contribution in [1.82, 2.24) is 9.78 Å². The fraction of sp³-hybridized carbons (Fsp3) is 0.500. The maximum absolute atomic E-state index is 12.7. The van der Waals surface area contributed by atoms with Crippen molar-refractivity contribution in [3.8, 4) is 11.1 Å². The van der Waals surface area contributed by atoms with Crippen LogP contribution in [0, 0.1) is 5.92 Å². The first-order chi connectivity index (χ1) is 11.6. The number of hydrogen-bond acceptors (Lipinski definition) is 2. The number of rotatable bonds is 4. The third-order valence-corrected chi connectivity index (χ3v) is 4.98. The Morgan fingerprint density at radius 2 is 1.96 bits per heavy atom. The summed E-state index contributed by atoms with van der Waals surface area (Å²) in [6, 6.07) is 8.53. The molecule has 0 radical (unpaired) electrons. The third kappa shape index (κ3) is 3.53. The van der Waals surface area contributed by atoms with Gasteiger partial charge in [-0.1, -0.05) is 31.4 Å². The summed E-state index contributed by atoms with van der Waals surface area (Å²) in [6.45, 7) is 4.23. The van der Waals surface area contributed by atoms with Gasteiger partial charge in [-0.05, 0) is 44.4 Å². The molecule has 0 spiro atoms. The first-order valence-electron chi connectivity index (χ1n) is 8.98. The minimum Gasteiger partial charge on any atom is -0.315 e. The molecule has 1 amide bonds. The molecule has 1 aliphatic rings. The lowest BCUT2D eigenvalue weighted by molar-refractivity contribution is -0.123. The number of hydrogen-bond donors (Lipinski definition) is 0. The molecule has 0 bridgehead atoms. The molecule has 1 saturated carbocycles. The molecule has 0 unspecified atom stereocenters. The Kier molecular flexibility index (Phi) is 5.03. The second-order valence-electron chi connectivity index (χ2n) is 7.09. The molecule has 1 aromatic carbocycles. The molecule has 1 fully saturated rings. The average molecular weight is 325 g/mol. The van der Waals surface area contributed by atoms with Crippen LogP contribution in [0.25, 0.3) is 11.1 Å². The van der Waals surface area contributed by atoms with Crippen LogP contribution in [0.3, 0.4) is 0 Å². The maximum Gasteiger partial charge on any atom is 0.229 e. The van der Waals surface area contributed by atoms with Gasteiger partial charge in [0.25, 0.3) is 0 Å². The zero-order chi connectivity index (χ0) is 17.1. The number of amides is 1. The molecule has 4 heteroatoms. The van der Waals surface area contributed by atoms with Gasteiger partial charge < -0.3 is 4.90 Å². The molecule has 1 heterocycles. The van der Waals surface area contributed by atoms with E-state index in [2.05, 4.69) is 37.3 Å². The SMILES string of the molecule is CC(C)n1cc(-c2cccc(N(C)C(=O)C3CCCCC3)c2)cn1. The number of aromatic nitrogens is 2. The molecule has 128 valence electrons.